The minimum absolute atomic E-state index is 0.00970. The summed E-state index contributed by atoms with van der Waals surface area (Å²) in [5.41, 5.74) is 5.68. The predicted molar refractivity (Wildman–Crippen MR) is 48.3 cm³/mol. The van der Waals surface area contributed by atoms with Crippen molar-refractivity contribution in [2.45, 2.75) is 12.3 Å². The Morgan fingerprint density at radius 1 is 1.31 bits per heavy atom. The molecule has 0 saturated heterocycles. The van der Waals surface area contributed by atoms with Crippen LogP contribution in [0, 0.1) is 0 Å². The van der Waals surface area contributed by atoms with Gasteiger partial charge in [0.1, 0.15) is 5.52 Å². The minimum Gasteiger partial charge on any atom is -0.435 e. The number of benzene rings is 1. The molecule has 0 amide bonds. The fourth-order valence-corrected chi connectivity index (χ4v) is 1.18. The number of oxazole rings is 1. The van der Waals surface area contributed by atoms with E-state index in [9.17, 15) is 17.6 Å². The molecule has 0 radical (unpaired) electrons. The molecule has 0 fully saturated rings. The van der Waals surface area contributed by atoms with Crippen LogP contribution in [0.25, 0.3) is 11.1 Å². The largest absolute Gasteiger partial charge is 0.435 e. The summed E-state index contributed by atoms with van der Waals surface area (Å²) in [5, 5.41) is 0. The number of nitrogens with zero attached hydrogens (tertiary/aromatic N) is 1. The van der Waals surface area contributed by atoms with Crippen molar-refractivity contribution in [1.29, 1.82) is 0 Å². The third kappa shape index (κ3) is 1.58. The number of halogens is 4. The van der Waals surface area contributed by atoms with Gasteiger partial charge in [0.15, 0.2) is 5.58 Å². The summed E-state index contributed by atoms with van der Waals surface area (Å²) in [6, 6.07) is 3.96. The maximum Gasteiger partial charge on any atom is 0.381 e. The molecule has 1 aromatic carbocycles. The molecule has 0 spiro atoms. The molecule has 0 aliphatic carbocycles. The molecule has 7 heteroatoms. The molecule has 2 aromatic rings. The van der Waals surface area contributed by atoms with E-state index < -0.39 is 18.2 Å². The summed E-state index contributed by atoms with van der Waals surface area (Å²) < 4.78 is 54.4. The van der Waals surface area contributed by atoms with Crippen LogP contribution in [0.5, 0.6) is 0 Å². The highest BCUT2D eigenvalue weighted by molar-refractivity contribution is 5.76. The van der Waals surface area contributed by atoms with Crippen LogP contribution in [0.3, 0.4) is 0 Å². The first-order valence-electron chi connectivity index (χ1n) is 4.24. The van der Waals surface area contributed by atoms with Crippen LogP contribution in [0.1, 0.15) is 5.89 Å². The molecule has 0 aliphatic rings. The van der Waals surface area contributed by atoms with E-state index in [1.165, 1.54) is 18.2 Å². The van der Waals surface area contributed by atoms with Gasteiger partial charge in [0.25, 0.3) is 5.89 Å². The highest BCUT2D eigenvalue weighted by Crippen LogP contribution is 2.35. The van der Waals surface area contributed by atoms with E-state index in [0.717, 1.165) is 0 Å². The van der Waals surface area contributed by atoms with Crippen LogP contribution in [-0.2, 0) is 5.92 Å². The summed E-state index contributed by atoms with van der Waals surface area (Å²) in [5.74, 6) is -5.70. The average Bonchev–Trinajstić information content (AvgIpc) is 2.60. The highest BCUT2D eigenvalue weighted by Gasteiger charge is 2.47. The standard InChI is InChI=1S/C9H6F4N2O/c10-7(11)9(12,13)8-15-5-3-4(14)1-2-6(5)16-8/h1-3,7H,14H2. The average molecular weight is 234 g/mol. The summed E-state index contributed by atoms with van der Waals surface area (Å²) in [6.45, 7) is 0. The number of anilines is 1. The zero-order chi connectivity index (χ0) is 11.9. The highest BCUT2D eigenvalue weighted by atomic mass is 19.3. The van der Waals surface area contributed by atoms with E-state index in [4.69, 9.17) is 5.73 Å². The van der Waals surface area contributed by atoms with Crippen LogP contribution in [-0.4, -0.2) is 11.4 Å². The van der Waals surface area contributed by atoms with Gasteiger partial charge in [0.2, 0.25) is 0 Å². The molecule has 16 heavy (non-hydrogen) atoms. The van der Waals surface area contributed by atoms with Crippen molar-refractivity contribution >= 4 is 16.8 Å². The van der Waals surface area contributed by atoms with Crippen LogP contribution in [0.4, 0.5) is 23.2 Å². The number of rotatable bonds is 2. The van der Waals surface area contributed by atoms with Gasteiger partial charge in [0, 0.05) is 5.69 Å². The first kappa shape index (κ1) is 10.7. The summed E-state index contributed by atoms with van der Waals surface area (Å²) in [4.78, 5) is 3.29. The molecule has 2 rings (SSSR count). The van der Waals surface area contributed by atoms with Crippen LogP contribution >= 0.6 is 0 Å². The molecule has 0 atom stereocenters. The van der Waals surface area contributed by atoms with E-state index in [1.807, 2.05) is 0 Å². The third-order valence-electron chi connectivity index (χ3n) is 1.97. The van der Waals surface area contributed by atoms with Gasteiger partial charge in [-0.1, -0.05) is 0 Å². The molecule has 1 heterocycles. The Balaban J connectivity index is 2.55. The Labute approximate surface area is 86.9 Å². The van der Waals surface area contributed by atoms with Crippen LogP contribution in [0.2, 0.25) is 0 Å². The first-order chi connectivity index (χ1) is 7.41. The molecule has 3 nitrogen and oxygen atoms in total. The van der Waals surface area contributed by atoms with Crippen molar-refractivity contribution in [3.63, 3.8) is 0 Å². The third-order valence-corrected chi connectivity index (χ3v) is 1.97. The quantitative estimate of drug-likeness (QED) is 0.642. The lowest BCUT2D eigenvalue weighted by atomic mass is 10.3. The van der Waals surface area contributed by atoms with Crippen molar-refractivity contribution in [1.82, 2.24) is 4.98 Å². The summed E-state index contributed by atoms with van der Waals surface area (Å²) in [6.07, 6.45) is -3.86. The van der Waals surface area contributed by atoms with E-state index in [2.05, 4.69) is 9.40 Å². The second-order valence-corrected chi connectivity index (χ2v) is 3.17. The number of hydrogen-bond acceptors (Lipinski definition) is 3. The number of nitrogens with two attached hydrogens (primary N) is 1. The number of nitrogen functional groups attached to an aromatic ring is 1. The molecule has 0 saturated carbocycles. The summed E-state index contributed by atoms with van der Waals surface area (Å²) in [7, 11) is 0. The first-order valence-corrected chi connectivity index (χ1v) is 4.24. The molecule has 1 aromatic heterocycles. The van der Waals surface area contributed by atoms with Gasteiger partial charge in [0.05, 0.1) is 0 Å². The van der Waals surface area contributed by atoms with Crippen molar-refractivity contribution in [2.24, 2.45) is 0 Å². The Bertz CT molecular complexity index is 523. The lowest BCUT2D eigenvalue weighted by Gasteiger charge is -2.09. The molecule has 0 unspecified atom stereocenters. The second kappa shape index (κ2) is 3.36. The maximum atomic E-state index is 12.9. The van der Waals surface area contributed by atoms with Crippen LogP contribution < -0.4 is 5.73 Å². The molecule has 86 valence electrons. The normalized spacial score (nSPS) is 12.6. The Kier molecular flexibility index (Phi) is 2.25. The van der Waals surface area contributed by atoms with E-state index in [0.29, 0.717) is 0 Å². The minimum atomic E-state index is -4.40. The zero-order valence-electron chi connectivity index (χ0n) is 7.75. The lowest BCUT2D eigenvalue weighted by Crippen LogP contribution is -2.23. The van der Waals surface area contributed by atoms with Crippen LogP contribution in [0.15, 0.2) is 22.6 Å². The topological polar surface area (TPSA) is 52.0 Å². The zero-order valence-corrected chi connectivity index (χ0v) is 7.75. The number of aromatic nitrogens is 1. The van der Waals surface area contributed by atoms with Gasteiger partial charge in [-0.25, -0.2) is 13.8 Å². The number of alkyl halides is 4. The van der Waals surface area contributed by atoms with Crippen molar-refractivity contribution in [2.75, 3.05) is 5.73 Å². The number of hydrogen-bond donors (Lipinski definition) is 1. The van der Waals surface area contributed by atoms with Gasteiger partial charge < -0.3 is 10.2 Å². The van der Waals surface area contributed by atoms with Gasteiger partial charge in [-0.2, -0.15) is 8.78 Å². The molecule has 0 aliphatic heterocycles. The fourth-order valence-electron chi connectivity index (χ4n) is 1.18. The second-order valence-electron chi connectivity index (χ2n) is 3.17. The van der Waals surface area contributed by atoms with Gasteiger partial charge in [-0.05, 0) is 18.2 Å². The Morgan fingerprint density at radius 3 is 2.62 bits per heavy atom. The van der Waals surface area contributed by atoms with Gasteiger partial charge in [-0.15, -0.1) is 0 Å². The van der Waals surface area contributed by atoms with E-state index in [1.54, 1.807) is 0 Å². The monoisotopic (exact) mass is 234 g/mol. The van der Waals surface area contributed by atoms with Gasteiger partial charge in [-0.3, -0.25) is 0 Å². The predicted octanol–water partition coefficient (Wildman–Crippen LogP) is 2.77. The summed E-state index contributed by atoms with van der Waals surface area (Å²) >= 11 is 0. The molecule has 0 bridgehead atoms. The maximum absolute atomic E-state index is 12.9. The van der Waals surface area contributed by atoms with E-state index >= 15 is 0 Å². The lowest BCUT2D eigenvalue weighted by molar-refractivity contribution is -0.150. The molecular formula is C9H6F4N2O. The van der Waals surface area contributed by atoms with Crippen molar-refractivity contribution < 1.29 is 22.0 Å². The van der Waals surface area contributed by atoms with Gasteiger partial charge >= 0.3 is 12.3 Å². The fraction of sp³-hybridized carbons (Fsp3) is 0.222. The molecular weight excluding hydrogens is 228 g/mol. The SMILES string of the molecule is Nc1ccc2oc(C(F)(F)C(F)F)nc2c1. The van der Waals surface area contributed by atoms with Crippen molar-refractivity contribution in [3.8, 4) is 0 Å². The Morgan fingerprint density at radius 2 is 2.00 bits per heavy atom. The molecule has 2 N–H and O–H groups in total. The smallest absolute Gasteiger partial charge is 0.381 e. The van der Waals surface area contributed by atoms with E-state index in [-0.39, 0.29) is 16.8 Å². The Hall–Kier alpha value is -1.79. The van der Waals surface area contributed by atoms with Crippen molar-refractivity contribution in [3.05, 3.63) is 24.1 Å². The number of fused-ring (bicyclic) bond motifs is 1.